The summed E-state index contributed by atoms with van der Waals surface area (Å²) in [6.07, 6.45) is 0.923. The lowest BCUT2D eigenvalue weighted by atomic mass is 10.1. The Bertz CT molecular complexity index is 347. The molecule has 13 heavy (non-hydrogen) atoms. The van der Waals surface area contributed by atoms with Crippen molar-refractivity contribution in [3.8, 4) is 0 Å². The van der Waals surface area contributed by atoms with Crippen LogP contribution in [0.3, 0.4) is 0 Å². The van der Waals surface area contributed by atoms with E-state index in [1.165, 1.54) is 12.1 Å². The molecule has 0 amide bonds. The highest BCUT2D eigenvalue weighted by atomic mass is 35.5. The molecule has 68 valence electrons. The molecule has 1 aromatic rings. The molecular formula is C9H7ClO3. The average Bonchev–Trinajstić information content (AvgIpc) is 2.08. The zero-order chi connectivity index (χ0) is 9.84. The van der Waals surface area contributed by atoms with Gasteiger partial charge in [-0.25, -0.2) is 4.79 Å². The molecule has 0 bridgehead atoms. The highest BCUT2D eigenvalue weighted by Crippen LogP contribution is 2.17. The minimum Gasteiger partial charge on any atom is -0.478 e. The molecule has 1 aromatic carbocycles. The van der Waals surface area contributed by atoms with Crippen molar-refractivity contribution in [2.75, 3.05) is 0 Å². The molecule has 1 N–H and O–H groups in total. The predicted octanol–water partition coefficient (Wildman–Crippen LogP) is 1.78. The molecule has 0 fully saturated rings. The van der Waals surface area contributed by atoms with Gasteiger partial charge in [0.2, 0.25) is 0 Å². The molecule has 1 rings (SSSR count). The summed E-state index contributed by atoms with van der Waals surface area (Å²) in [4.78, 5) is 20.8. The second-order valence-electron chi connectivity index (χ2n) is 2.49. The number of hydrogen-bond donors (Lipinski definition) is 1. The molecule has 0 aliphatic rings. The quantitative estimate of drug-likeness (QED) is 0.754. The van der Waals surface area contributed by atoms with Crippen LogP contribution in [-0.4, -0.2) is 17.4 Å². The summed E-state index contributed by atoms with van der Waals surface area (Å²) in [6.45, 7) is 0. The summed E-state index contributed by atoms with van der Waals surface area (Å²) in [6, 6.07) is 4.51. The van der Waals surface area contributed by atoms with E-state index in [2.05, 4.69) is 0 Å². The van der Waals surface area contributed by atoms with Crippen molar-refractivity contribution < 1.29 is 14.7 Å². The van der Waals surface area contributed by atoms with Gasteiger partial charge in [-0.2, -0.15) is 0 Å². The summed E-state index contributed by atoms with van der Waals surface area (Å²) in [5.74, 6) is -1.09. The van der Waals surface area contributed by atoms with Gasteiger partial charge in [0.15, 0.2) is 0 Å². The van der Waals surface area contributed by atoms with Gasteiger partial charge in [0, 0.05) is 6.42 Å². The van der Waals surface area contributed by atoms with Crippen LogP contribution in [0, 0.1) is 0 Å². The molecular weight excluding hydrogens is 192 g/mol. The molecule has 0 spiro atoms. The minimum absolute atomic E-state index is 0.0287. The number of carbonyl (C=O) groups excluding carboxylic acids is 1. The summed E-state index contributed by atoms with van der Waals surface area (Å²) in [5, 5.41) is 8.87. The SMILES string of the molecule is O=CCc1ccc(Cl)c(C(=O)O)c1. The third-order valence-electron chi connectivity index (χ3n) is 1.58. The molecule has 0 saturated heterocycles. The summed E-state index contributed by atoms with van der Waals surface area (Å²) >= 11 is 5.62. The van der Waals surface area contributed by atoms with Gasteiger partial charge < -0.3 is 9.90 Å². The van der Waals surface area contributed by atoms with Gasteiger partial charge in [-0.05, 0) is 17.7 Å². The van der Waals surface area contributed by atoms with Crippen LogP contribution < -0.4 is 0 Å². The van der Waals surface area contributed by atoms with Crippen molar-refractivity contribution in [2.24, 2.45) is 0 Å². The number of hydrogen-bond acceptors (Lipinski definition) is 2. The third-order valence-corrected chi connectivity index (χ3v) is 1.91. The maximum absolute atomic E-state index is 10.6. The Labute approximate surface area is 79.9 Å². The van der Waals surface area contributed by atoms with Gasteiger partial charge in [-0.3, -0.25) is 0 Å². The number of aldehydes is 1. The van der Waals surface area contributed by atoms with Crippen molar-refractivity contribution in [3.05, 3.63) is 34.3 Å². The molecule has 0 atom stereocenters. The van der Waals surface area contributed by atoms with E-state index < -0.39 is 5.97 Å². The fourth-order valence-electron chi connectivity index (χ4n) is 0.960. The minimum atomic E-state index is -1.09. The van der Waals surface area contributed by atoms with Crippen LogP contribution in [0.25, 0.3) is 0 Å². The Morgan fingerprint density at radius 1 is 1.54 bits per heavy atom. The number of benzene rings is 1. The first-order valence-corrected chi connectivity index (χ1v) is 3.98. The van der Waals surface area contributed by atoms with Crippen LogP contribution in [0.4, 0.5) is 0 Å². The van der Waals surface area contributed by atoms with Crippen molar-refractivity contribution in [1.82, 2.24) is 0 Å². The highest BCUT2D eigenvalue weighted by Gasteiger charge is 2.08. The van der Waals surface area contributed by atoms with E-state index in [1.54, 1.807) is 6.07 Å². The van der Waals surface area contributed by atoms with Gasteiger partial charge in [-0.1, -0.05) is 17.7 Å². The van der Waals surface area contributed by atoms with E-state index in [9.17, 15) is 9.59 Å². The Kier molecular flexibility index (Phi) is 3.03. The number of carboxylic acid groups (broad SMARTS) is 1. The number of carboxylic acids is 1. The lowest BCUT2D eigenvalue weighted by Crippen LogP contribution is -1.99. The van der Waals surface area contributed by atoms with Gasteiger partial charge in [-0.15, -0.1) is 0 Å². The van der Waals surface area contributed by atoms with E-state index in [0.29, 0.717) is 5.56 Å². The smallest absolute Gasteiger partial charge is 0.337 e. The van der Waals surface area contributed by atoms with E-state index in [4.69, 9.17) is 16.7 Å². The molecule has 0 aliphatic carbocycles. The van der Waals surface area contributed by atoms with Crippen LogP contribution in [0.15, 0.2) is 18.2 Å². The molecule has 4 heteroatoms. The second-order valence-corrected chi connectivity index (χ2v) is 2.90. The Balaban J connectivity index is 3.10. The first-order chi connectivity index (χ1) is 6.15. The van der Waals surface area contributed by atoms with Crippen molar-refractivity contribution >= 4 is 23.9 Å². The molecule has 0 aromatic heterocycles. The van der Waals surface area contributed by atoms with E-state index >= 15 is 0 Å². The number of aromatic carboxylic acids is 1. The Morgan fingerprint density at radius 3 is 2.77 bits per heavy atom. The van der Waals surface area contributed by atoms with E-state index in [0.717, 1.165) is 6.29 Å². The van der Waals surface area contributed by atoms with Gasteiger partial charge >= 0.3 is 5.97 Å². The number of carbonyl (C=O) groups is 2. The third kappa shape index (κ3) is 2.29. The van der Waals surface area contributed by atoms with Crippen LogP contribution in [-0.2, 0) is 11.2 Å². The normalized spacial score (nSPS) is 9.62. The van der Waals surface area contributed by atoms with Crippen LogP contribution in [0.2, 0.25) is 5.02 Å². The fourth-order valence-corrected chi connectivity index (χ4v) is 1.16. The van der Waals surface area contributed by atoms with Crippen LogP contribution in [0.5, 0.6) is 0 Å². The average molecular weight is 199 g/mol. The lowest BCUT2D eigenvalue weighted by molar-refractivity contribution is -0.107. The zero-order valence-electron chi connectivity index (χ0n) is 6.66. The van der Waals surface area contributed by atoms with Crippen molar-refractivity contribution in [3.63, 3.8) is 0 Å². The molecule has 0 saturated carbocycles. The molecule has 0 heterocycles. The predicted molar refractivity (Wildman–Crippen MR) is 48.2 cm³/mol. The monoisotopic (exact) mass is 198 g/mol. The van der Waals surface area contributed by atoms with Gasteiger partial charge in [0.25, 0.3) is 0 Å². The molecule has 0 unspecified atom stereocenters. The fraction of sp³-hybridized carbons (Fsp3) is 0.111. The van der Waals surface area contributed by atoms with Gasteiger partial charge in [0.1, 0.15) is 6.29 Å². The summed E-state index contributed by atoms with van der Waals surface area (Å²) in [5.41, 5.74) is 0.679. The van der Waals surface area contributed by atoms with Gasteiger partial charge in [0.05, 0.1) is 10.6 Å². The molecule has 0 radical (unpaired) electrons. The van der Waals surface area contributed by atoms with Crippen LogP contribution >= 0.6 is 11.6 Å². The number of halogens is 1. The number of rotatable bonds is 3. The molecule has 3 nitrogen and oxygen atoms in total. The summed E-state index contributed by atoms with van der Waals surface area (Å²) in [7, 11) is 0. The van der Waals surface area contributed by atoms with Crippen molar-refractivity contribution in [2.45, 2.75) is 6.42 Å². The van der Waals surface area contributed by atoms with E-state index in [-0.39, 0.29) is 17.0 Å². The Morgan fingerprint density at radius 2 is 2.23 bits per heavy atom. The molecule has 0 aliphatic heterocycles. The lowest BCUT2D eigenvalue weighted by Gasteiger charge is -2.00. The van der Waals surface area contributed by atoms with E-state index in [1.807, 2.05) is 0 Å². The topological polar surface area (TPSA) is 54.4 Å². The van der Waals surface area contributed by atoms with Crippen LogP contribution in [0.1, 0.15) is 15.9 Å². The standard InChI is InChI=1S/C9H7ClO3/c10-8-2-1-6(3-4-11)5-7(8)9(12)13/h1-2,4-5H,3H2,(H,12,13). The first kappa shape index (κ1) is 9.74. The first-order valence-electron chi connectivity index (χ1n) is 3.60. The second kappa shape index (κ2) is 4.05. The zero-order valence-corrected chi connectivity index (χ0v) is 7.41. The Hall–Kier alpha value is -1.35. The maximum atomic E-state index is 10.6. The summed E-state index contributed by atoms with van der Waals surface area (Å²) < 4.78 is 0. The largest absolute Gasteiger partial charge is 0.478 e. The van der Waals surface area contributed by atoms with Crippen molar-refractivity contribution in [1.29, 1.82) is 0 Å². The highest BCUT2D eigenvalue weighted by molar-refractivity contribution is 6.33. The maximum Gasteiger partial charge on any atom is 0.337 e.